The molecule has 0 saturated carbocycles. The van der Waals surface area contributed by atoms with Crippen LogP contribution in [0.3, 0.4) is 0 Å². The molecule has 0 aliphatic carbocycles. The van der Waals surface area contributed by atoms with Gasteiger partial charge in [0.2, 0.25) is 0 Å². The van der Waals surface area contributed by atoms with Gasteiger partial charge in [0, 0.05) is 28.4 Å². The Morgan fingerprint density at radius 1 is 1.23 bits per heavy atom. The fraction of sp³-hybridized carbons (Fsp3) is 0.0476. The third kappa shape index (κ3) is 4.74. The molecule has 1 aromatic heterocycles. The number of nitro groups is 1. The number of furan rings is 1. The Morgan fingerprint density at radius 2 is 1.97 bits per heavy atom. The molecule has 1 N–H and O–H groups in total. The largest absolute Gasteiger partial charge is 0.496 e. The van der Waals surface area contributed by atoms with Crippen LogP contribution in [0, 0.1) is 21.4 Å². The van der Waals surface area contributed by atoms with Gasteiger partial charge in [-0.05, 0) is 42.5 Å². The van der Waals surface area contributed by atoms with Gasteiger partial charge in [-0.15, -0.1) is 0 Å². The highest BCUT2D eigenvalue weighted by atomic mass is 79.9. The Morgan fingerprint density at radius 3 is 2.60 bits per heavy atom. The van der Waals surface area contributed by atoms with Crippen molar-refractivity contribution >= 4 is 39.3 Å². The number of hydrogen-bond donors (Lipinski definition) is 1. The van der Waals surface area contributed by atoms with Crippen LogP contribution in [0.25, 0.3) is 17.4 Å². The van der Waals surface area contributed by atoms with Crippen molar-refractivity contribution in [2.75, 3.05) is 12.4 Å². The van der Waals surface area contributed by atoms with Crippen LogP contribution in [-0.2, 0) is 4.79 Å². The van der Waals surface area contributed by atoms with Gasteiger partial charge in [0.05, 0.1) is 17.6 Å². The maximum atomic E-state index is 12.4. The van der Waals surface area contributed by atoms with E-state index in [1.807, 2.05) is 6.07 Å². The minimum Gasteiger partial charge on any atom is -0.496 e. The van der Waals surface area contributed by atoms with Gasteiger partial charge in [-0.3, -0.25) is 14.9 Å². The molecule has 0 spiro atoms. The van der Waals surface area contributed by atoms with Crippen molar-refractivity contribution in [1.29, 1.82) is 5.26 Å². The quantitative estimate of drug-likeness (QED) is 0.231. The zero-order valence-corrected chi connectivity index (χ0v) is 17.2. The van der Waals surface area contributed by atoms with E-state index in [-0.39, 0.29) is 17.0 Å². The fourth-order valence-electron chi connectivity index (χ4n) is 2.60. The number of benzene rings is 2. The molecule has 150 valence electrons. The second-order valence-electron chi connectivity index (χ2n) is 5.97. The van der Waals surface area contributed by atoms with E-state index in [1.165, 1.54) is 31.4 Å². The molecular weight excluding hydrogens is 454 g/mol. The van der Waals surface area contributed by atoms with Crippen LogP contribution in [0.5, 0.6) is 5.75 Å². The van der Waals surface area contributed by atoms with Crippen molar-refractivity contribution in [1.82, 2.24) is 0 Å². The molecule has 8 nitrogen and oxygen atoms in total. The molecular formula is C21H14BrN3O5. The summed E-state index contributed by atoms with van der Waals surface area (Å²) >= 11 is 3.31. The number of nitro benzene ring substituents is 1. The molecule has 0 saturated heterocycles. The summed E-state index contributed by atoms with van der Waals surface area (Å²) in [6.45, 7) is 0. The van der Waals surface area contributed by atoms with Crippen molar-refractivity contribution in [3.63, 3.8) is 0 Å². The summed E-state index contributed by atoms with van der Waals surface area (Å²) in [5, 5.41) is 23.0. The van der Waals surface area contributed by atoms with Crippen LogP contribution >= 0.6 is 15.9 Å². The van der Waals surface area contributed by atoms with Gasteiger partial charge in [0.1, 0.15) is 28.9 Å². The lowest BCUT2D eigenvalue weighted by Crippen LogP contribution is -2.13. The third-order valence-electron chi connectivity index (χ3n) is 4.04. The van der Waals surface area contributed by atoms with Crippen molar-refractivity contribution in [2.24, 2.45) is 0 Å². The summed E-state index contributed by atoms with van der Waals surface area (Å²) in [7, 11) is 1.44. The molecule has 3 rings (SSSR count). The van der Waals surface area contributed by atoms with Gasteiger partial charge >= 0.3 is 0 Å². The normalized spacial score (nSPS) is 10.9. The minimum absolute atomic E-state index is 0.120. The number of nitrogens with one attached hydrogen (secondary N) is 1. The van der Waals surface area contributed by atoms with Crippen LogP contribution in [0.4, 0.5) is 11.4 Å². The molecule has 1 amide bonds. The molecule has 9 heteroatoms. The number of carbonyl (C=O) groups is 1. The highest BCUT2D eigenvalue weighted by Gasteiger charge is 2.16. The maximum absolute atomic E-state index is 12.4. The number of anilines is 1. The Balaban J connectivity index is 1.87. The Hall–Kier alpha value is -3.90. The van der Waals surface area contributed by atoms with Crippen molar-refractivity contribution in [3.8, 4) is 23.1 Å². The monoisotopic (exact) mass is 467 g/mol. The smallest absolute Gasteiger partial charge is 0.270 e. The van der Waals surface area contributed by atoms with Crippen LogP contribution < -0.4 is 10.1 Å². The third-order valence-corrected chi connectivity index (χ3v) is 4.57. The topological polar surface area (TPSA) is 118 Å². The summed E-state index contributed by atoms with van der Waals surface area (Å²) in [5.74, 6) is 0.332. The average molecular weight is 468 g/mol. The van der Waals surface area contributed by atoms with E-state index in [0.29, 0.717) is 22.8 Å². The predicted molar refractivity (Wildman–Crippen MR) is 114 cm³/mol. The van der Waals surface area contributed by atoms with Gasteiger partial charge in [-0.2, -0.15) is 5.26 Å². The van der Waals surface area contributed by atoms with E-state index < -0.39 is 10.8 Å². The highest BCUT2D eigenvalue weighted by molar-refractivity contribution is 9.10. The number of hydrogen-bond acceptors (Lipinski definition) is 6. The number of carbonyl (C=O) groups excluding carboxylic acids is 1. The van der Waals surface area contributed by atoms with E-state index in [2.05, 4.69) is 21.2 Å². The average Bonchev–Trinajstić information content (AvgIpc) is 3.21. The van der Waals surface area contributed by atoms with Gasteiger partial charge in [0.15, 0.2) is 0 Å². The highest BCUT2D eigenvalue weighted by Crippen LogP contribution is 2.34. The number of rotatable bonds is 6. The van der Waals surface area contributed by atoms with Gasteiger partial charge in [0.25, 0.3) is 11.6 Å². The second-order valence-corrected chi connectivity index (χ2v) is 6.89. The van der Waals surface area contributed by atoms with Crippen molar-refractivity contribution < 1.29 is 18.9 Å². The number of ether oxygens (including phenoxy) is 1. The first-order valence-corrected chi connectivity index (χ1v) is 9.32. The zero-order chi connectivity index (χ0) is 21.7. The fourth-order valence-corrected chi connectivity index (χ4v) is 2.86. The number of nitriles is 1. The molecule has 30 heavy (non-hydrogen) atoms. The molecule has 0 unspecified atom stereocenters. The predicted octanol–water partition coefficient (Wildman–Crippen LogP) is 5.17. The van der Waals surface area contributed by atoms with Crippen molar-refractivity contribution in [2.45, 2.75) is 0 Å². The number of nitrogens with zero attached hydrogens (tertiary/aromatic N) is 2. The summed E-state index contributed by atoms with van der Waals surface area (Å²) in [6.07, 6.45) is 1.29. The minimum atomic E-state index is -0.592. The standard InChI is InChI=1S/C21H14BrN3O5/c1-29-19-8-6-16(25(27)28)11-18(19)20-9-7-17(30-20)10-13(12-23)21(26)24-15-4-2-14(22)3-5-15/h2-11H,1H3,(H,24,26)/b13-10-. The Kier molecular flexibility index (Phi) is 6.29. The molecule has 0 atom stereocenters. The van der Waals surface area contributed by atoms with Crippen molar-refractivity contribution in [3.05, 3.63) is 80.5 Å². The van der Waals surface area contributed by atoms with Crippen LogP contribution in [0.1, 0.15) is 5.76 Å². The molecule has 0 aliphatic heterocycles. The zero-order valence-electron chi connectivity index (χ0n) is 15.6. The van der Waals surface area contributed by atoms with E-state index in [0.717, 1.165) is 4.47 Å². The molecule has 0 bridgehead atoms. The summed E-state index contributed by atoms with van der Waals surface area (Å²) in [4.78, 5) is 22.9. The molecule has 3 aromatic rings. The SMILES string of the molecule is COc1ccc([N+](=O)[O-])cc1-c1ccc(/C=C(/C#N)C(=O)Nc2ccc(Br)cc2)o1. The lowest BCUT2D eigenvalue weighted by molar-refractivity contribution is -0.384. The lowest BCUT2D eigenvalue weighted by Gasteiger charge is -2.06. The Labute approximate surface area is 179 Å². The first-order valence-electron chi connectivity index (χ1n) is 8.52. The van der Waals surface area contributed by atoms with E-state index >= 15 is 0 Å². The lowest BCUT2D eigenvalue weighted by atomic mass is 10.1. The van der Waals surface area contributed by atoms with E-state index in [9.17, 15) is 20.2 Å². The first-order chi connectivity index (χ1) is 14.4. The maximum Gasteiger partial charge on any atom is 0.270 e. The molecule has 1 heterocycles. The van der Waals surface area contributed by atoms with Crippen LogP contribution in [-0.4, -0.2) is 17.9 Å². The molecule has 0 radical (unpaired) electrons. The second kappa shape index (κ2) is 9.07. The van der Waals surface area contributed by atoms with E-state index in [4.69, 9.17) is 9.15 Å². The van der Waals surface area contributed by atoms with Gasteiger partial charge in [-0.25, -0.2) is 0 Å². The first kappa shape index (κ1) is 20.8. The van der Waals surface area contributed by atoms with E-state index in [1.54, 1.807) is 36.4 Å². The molecule has 0 fully saturated rings. The number of non-ortho nitro benzene ring substituents is 1. The molecule has 0 aliphatic rings. The van der Waals surface area contributed by atoms with Gasteiger partial charge in [-0.1, -0.05) is 15.9 Å². The summed E-state index contributed by atoms with van der Waals surface area (Å²) in [6, 6.07) is 16.0. The van der Waals surface area contributed by atoms with Crippen LogP contribution in [0.15, 0.2) is 69.1 Å². The summed E-state index contributed by atoms with van der Waals surface area (Å²) in [5.41, 5.74) is 0.630. The van der Waals surface area contributed by atoms with Crippen LogP contribution in [0.2, 0.25) is 0 Å². The number of methoxy groups -OCH3 is 1. The van der Waals surface area contributed by atoms with Gasteiger partial charge < -0.3 is 14.5 Å². The number of amides is 1. The Bertz CT molecular complexity index is 1180. The molecule has 2 aromatic carbocycles. The summed E-state index contributed by atoms with van der Waals surface area (Å²) < 4.78 is 11.8. The number of halogens is 1.